The van der Waals surface area contributed by atoms with Crippen molar-refractivity contribution in [2.75, 3.05) is 0 Å². The lowest BCUT2D eigenvalue weighted by Crippen LogP contribution is -1.86. The van der Waals surface area contributed by atoms with Gasteiger partial charge < -0.3 is 8.83 Å². The van der Waals surface area contributed by atoms with Crippen LogP contribution in [-0.2, 0) is 0 Å². The van der Waals surface area contributed by atoms with Crippen LogP contribution >= 0.6 is 0 Å². The Balaban J connectivity index is 1.55. The first-order valence-corrected chi connectivity index (χ1v) is 12.1. The minimum absolute atomic E-state index is 0.832. The fourth-order valence-electron chi connectivity index (χ4n) is 5.46. The number of furan rings is 2. The van der Waals surface area contributed by atoms with Gasteiger partial charge in [0.25, 0.3) is 0 Å². The van der Waals surface area contributed by atoms with Crippen LogP contribution in [0.5, 0.6) is 0 Å². The summed E-state index contributed by atoms with van der Waals surface area (Å²) in [4.78, 5) is 4.65. The predicted molar refractivity (Wildman–Crippen MR) is 147 cm³/mol. The second-order valence-corrected chi connectivity index (χ2v) is 9.16. The molecule has 0 saturated heterocycles. The molecule has 3 heterocycles. The average Bonchev–Trinajstić information content (AvgIpc) is 3.52. The summed E-state index contributed by atoms with van der Waals surface area (Å²) < 4.78 is 13.1. The van der Waals surface area contributed by atoms with Crippen molar-refractivity contribution < 1.29 is 8.83 Å². The molecule has 0 fully saturated rings. The van der Waals surface area contributed by atoms with Gasteiger partial charge in [-0.25, -0.2) is 0 Å². The van der Waals surface area contributed by atoms with Crippen LogP contribution in [0.1, 0.15) is 0 Å². The highest BCUT2D eigenvalue weighted by Gasteiger charge is 2.22. The van der Waals surface area contributed by atoms with Crippen molar-refractivity contribution in [3.05, 3.63) is 115 Å². The Labute approximate surface area is 206 Å². The van der Waals surface area contributed by atoms with Gasteiger partial charge in [-0.3, -0.25) is 4.98 Å². The number of pyridine rings is 1. The number of nitrogens with zero attached hydrogens (tertiary/aromatic N) is 1. The molecule has 0 atom stereocenters. The van der Waals surface area contributed by atoms with Gasteiger partial charge in [0.05, 0.1) is 11.1 Å². The molecule has 5 aromatic carbocycles. The zero-order chi connectivity index (χ0) is 23.6. The minimum atomic E-state index is 0.832. The lowest BCUT2D eigenvalue weighted by molar-refractivity contribution is 0.663. The summed E-state index contributed by atoms with van der Waals surface area (Å²) in [7, 11) is 0. The fourth-order valence-corrected chi connectivity index (χ4v) is 5.46. The van der Waals surface area contributed by atoms with E-state index in [1.165, 1.54) is 5.39 Å². The molecule has 36 heavy (non-hydrogen) atoms. The number of hydrogen-bond donors (Lipinski definition) is 0. The Kier molecular flexibility index (Phi) is 3.94. The number of hydrogen-bond acceptors (Lipinski definition) is 3. The van der Waals surface area contributed by atoms with Crippen molar-refractivity contribution in [2.45, 2.75) is 0 Å². The second-order valence-electron chi connectivity index (χ2n) is 9.16. The third kappa shape index (κ3) is 2.71. The maximum atomic E-state index is 6.62. The largest absolute Gasteiger partial charge is 0.455 e. The smallest absolute Gasteiger partial charge is 0.147 e. The van der Waals surface area contributed by atoms with E-state index in [9.17, 15) is 0 Å². The molecule has 3 heteroatoms. The maximum Gasteiger partial charge on any atom is 0.147 e. The highest BCUT2D eigenvalue weighted by atomic mass is 16.3. The quantitative estimate of drug-likeness (QED) is 0.257. The van der Waals surface area contributed by atoms with Crippen LogP contribution in [-0.4, -0.2) is 4.98 Å². The van der Waals surface area contributed by atoms with Gasteiger partial charge in [0.2, 0.25) is 0 Å². The molecule has 0 unspecified atom stereocenters. The molecule has 0 radical (unpaired) electrons. The fraction of sp³-hybridized carbons (Fsp3) is 0. The molecule has 0 saturated carbocycles. The molecule has 8 rings (SSSR count). The van der Waals surface area contributed by atoms with Gasteiger partial charge in [-0.2, -0.15) is 0 Å². The SMILES string of the molecule is c1ccc(-c2cc(-c3cc4c5ccccc5oc4c4c3oc3ccc5ccccc5c34)ccn2)cc1. The molecule has 0 aliphatic heterocycles. The van der Waals surface area contributed by atoms with E-state index in [0.29, 0.717) is 0 Å². The van der Waals surface area contributed by atoms with Crippen molar-refractivity contribution in [1.82, 2.24) is 4.98 Å². The van der Waals surface area contributed by atoms with Gasteiger partial charge in [0.15, 0.2) is 0 Å². The zero-order valence-electron chi connectivity index (χ0n) is 19.2. The van der Waals surface area contributed by atoms with Crippen LogP contribution in [0.3, 0.4) is 0 Å². The van der Waals surface area contributed by atoms with Crippen LogP contribution in [0, 0.1) is 0 Å². The predicted octanol–water partition coefficient (Wildman–Crippen LogP) is 9.37. The number of fused-ring (bicyclic) bond motifs is 9. The van der Waals surface area contributed by atoms with E-state index in [1.807, 2.05) is 36.5 Å². The Morgan fingerprint density at radius 1 is 0.500 bits per heavy atom. The molecule has 0 N–H and O–H groups in total. The minimum Gasteiger partial charge on any atom is -0.455 e. The third-order valence-corrected chi connectivity index (χ3v) is 7.11. The van der Waals surface area contributed by atoms with Crippen LogP contribution in [0.4, 0.5) is 0 Å². The van der Waals surface area contributed by atoms with E-state index < -0.39 is 0 Å². The van der Waals surface area contributed by atoms with Gasteiger partial charge >= 0.3 is 0 Å². The van der Waals surface area contributed by atoms with Gasteiger partial charge in [0, 0.05) is 33.5 Å². The molecule has 3 nitrogen and oxygen atoms in total. The summed E-state index contributed by atoms with van der Waals surface area (Å²) in [5.74, 6) is 0. The Morgan fingerprint density at radius 3 is 2.19 bits per heavy atom. The molecule has 3 aromatic heterocycles. The summed E-state index contributed by atoms with van der Waals surface area (Å²) in [6.07, 6.45) is 1.87. The van der Waals surface area contributed by atoms with Crippen molar-refractivity contribution in [3.63, 3.8) is 0 Å². The average molecular weight is 462 g/mol. The molecule has 0 bridgehead atoms. The van der Waals surface area contributed by atoms with Crippen LogP contribution in [0.15, 0.2) is 124 Å². The van der Waals surface area contributed by atoms with Crippen molar-refractivity contribution >= 4 is 54.6 Å². The van der Waals surface area contributed by atoms with E-state index in [0.717, 1.165) is 71.6 Å². The summed E-state index contributed by atoms with van der Waals surface area (Å²) in [5, 5.41) is 6.63. The van der Waals surface area contributed by atoms with Crippen molar-refractivity contribution in [2.24, 2.45) is 0 Å². The van der Waals surface area contributed by atoms with Gasteiger partial charge in [-0.1, -0.05) is 78.9 Å². The van der Waals surface area contributed by atoms with Crippen LogP contribution in [0.2, 0.25) is 0 Å². The van der Waals surface area contributed by atoms with E-state index in [2.05, 4.69) is 83.8 Å². The van der Waals surface area contributed by atoms with Gasteiger partial charge in [0.1, 0.15) is 22.3 Å². The molecule has 0 amide bonds. The Bertz CT molecular complexity index is 2100. The van der Waals surface area contributed by atoms with Crippen LogP contribution in [0.25, 0.3) is 77.0 Å². The number of aromatic nitrogens is 1. The lowest BCUT2D eigenvalue weighted by atomic mass is 9.96. The maximum absolute atomic E-state index is 6.62. The summed E-state index contributed by atoms with van der Waals surface area (Å²) >= 11 is 0. The van der Waals surface area contributed by atoms with Gasteiger partial charge in [-0.15, -0.1) is 0 Å². The number of benzene rings is 5. The van der Waals surface area contributed by atoms with Crippen molar-refractivity contribution in [1.29, 1.82) is 0 Å². The summed E-state index contributed by atoms with van der Waals surface area (Å²) in [6.45, 7) is 0. The molecule has 8 aromatic rings. The van der Waals surface area contributed by atoms with E-state index in [1.54, 1.807) is 0 Å². The highest BCUT2D eigenvalue weighted by molar-refractivity contribution is 6.30. The van der Waals surface area contributed by atoms with Gasteiger partial charge in [-0.05, 0) is 46.7 Å². The monoisotopic (exact) mass is 461 g/mol. The normalized spacial score (nSPS) is 11.9. The lowest BCUT2D eigenvalue weighted by Gasteiger charge is -2.07. The third-order valence-electron chi connectivity index (χ3n) is 7.11. The first kappa shape index (κ1) is 19.4. The zero-order valence-corrected chi connectivity index (χ0v) is 19.2. The number of para-hydroxylation sites is 1. The summed E-state index contributed by atoms with van der Waals surface area (Å²) in [5.41, 5.74) is 7.53. The molecule has 0 spiro atoms. The standard InChI is InChI=1S/C33H19NO2/c1-2-9-21(10-3-1)27-18-22(16-17-34-27)25-19-26-24-12-6-7-13-28(24)35-33(26)31-30-23-11-5-4-8-20(23)14-15-29(30)36-32(25)31/h1-19H. The highest BCUT2D eigenvalue weighted by Crippen LogP contribution is 2.46. The molecule has 0 aliphatic carbocycles. The van der Waals surface area contributed by atoms with E-state index >= 15 is 0 Å². The second kappa shape index (κ2) is 7.30. The number of rotatable bonds is 2. The molecular formula is C33H19NO2. The molecule has 0 aliphatic rings. The van der Waals surface area contributed by atoms with Crippen LogP contribution < -0.4 is 0 Å². The molecule has 168 valence electrons. The first-order valence-electron chi connectivity index (χ1n) is 12.1. The Morgan fingerprint density at radius 2 is 1.28 bits per heavy atom. The molecular weight excluding hydrogens is 442 g/mol. The Hall–Kier alpha value is -4.89. The van der Waals surface area contributed by atoms with Crippen molar-refractivity contribution in [3.8, 4) is 22.4 Å². The first-order chi connectivity index (χ1) is 17.8. The van der Waals surface area contributed by atoms with E-state index in [-0.39, 0.29) is 0 Å². The summed E-state index contributed by atoms with van der Waals surface area (Å²) in [6, 6.07) is 37.5. The topological polar surface area (TPSA) is 39.2 Å². The van der Waals surface area contributed by atoms with E-state index in [4.69, 9.17) is 8.83 Å².